The first-order valence-corrected chi connectivity index (χ1v) is 9.14. The SMILES string of the molecule is CCNc1ncc(C#N)cc1N(CN1CCOCC1)C(=O)Nc1cccnc1. The van der Waals surface area contributed by atoms with Crippen LogP contribution in [-0.2, 0) is 4.74 Å². The molecule has 0 aliphatic carbocycles. The summed E-state index contributed by atoms with van der Waals surface area (Å²) in [5, 5.41) is 15.3. The van der Waals surface area contributed by atoms with E-state index in [0.717, 1.165) is 13.1 Å². The second kappa shape index (κ2) is 9.64. The number of amides is 2. The van der Waals surface area contributed by atoms with Crippen molar-refractivity contribution < 1.29 is 9.53 Å². The van der Waals surface area contributed by atoms with Crippen LogP contribution in [0.5, 0.6) is 0 Å². The minimum Gasteiger partial charge on any atom is -0.379 e. The highest BCUT2D eigenvalue weighted by Gasteiger charge is 2.24. The molecule has 28 heavy (non-hydrogen) atoms. The van der Waals surface area contributed by atoms with E-state index in [-0.39, 0.29) is 6.03 Å². The first-order valence-electron chi connectivity index (χ1n) is 9.14. The Balaban J connectivity index is 1.93. The maximum absolute atomic E-state index is 13.1. The molecular formula is C19H23N7O2. The number of nitriles is 1. The van der Waals surface area contributed by atoms with Crippen LogP contribution in [0.25, 0.3) is 0 Å². The zero-order valence-corrected chi connectivity index (χ0v) is 15.8. The van der Waals surface area contributed by atoms with Crippen molar-refractivity contribution in [1.82, 2.24) is 14.9 Å². The first kappa shape index (κ1) is 19.5. The average molecular weight is 381 g/mol. The number of nitrogens with one attached hydrogen (secondary N) is 2. The van der Waals surface area contributed by atoms with Gasteiger partial charge >= 0.3 is 6.03 Å². The monoisotopic (exact) mass is 381 g/mol. The van der Waals surface area contributed by atoms with Gasteiger partial charge in [-0.1, -0.05) is 0 Å². The van der Waals surface area contributed by atoms with Crippen molar-refractivity contribution >= 4 is 23.2 Å². The number of nitrogens with zero attached hydrogens (tertiary/aromatic N) is 5. The van der Waals surface area contributed by atoms with E-state index < -0.39 is 0 Å². The molecular weight excluding hydrogens is 358 g/mol. The molecule has 9 nitrogen and oxygen atoms in total. The van der Waals surface area contributed by atoms with Crippen LogP contribution < -0.4 is 15.5 Å². The number of hydrogen-bond donors (Lipinski definition) is 2. The maximum atomic E-state index is 13.1. The molecule has 0 aromatic carbocycles. The Morgan fingerprint density at radius 2 is 2.21 bits per heavy atom. The molecule has 0 bridgehead atoms. The number of ether oxygens (including phenoxy) is 1. The van der Waals surface area contributed by atoms with Gasteiger partial charge in [-0.05, 0) is 25.1 Å². The molecule has 2 N–H and O–H groups in total. The van der Waals surface area contributed by atoms with Crippen LogP contribution in [0.15, 0.2) is 36.8 Å². The summed E-state index contributed by atoms with van der Waals surface area (Å²) in [4.78, 5) is 25.2. The molecule has 9 heteroatoms. The first-order chi connectivity index (χ1) is 13.7. The highest BCUT2D eigenvalue weighted by Crippen LogP contribution is 2.26. The maximum Gasteiger partial charge on any atom is 0.327 e. The van der Waals surface area contributed by atoms with Gasteiger partial charge in [-0.2, -0.15) is 5.26 Å². The van der Waals surface area contributed by atoms with Gasteiger partial charge in [-0.3, -0.25) is 14.8 Å². The smallest absolute Gasteiger partial charge is 0.327 e. The highest BCUT2D eigenvalue weighted by molar-refractivity contribution is 6.03. The van der Waals surface area contributed by atoms with E-state index in [0.29, 0.717) is 49.2 Å². The zero-order valence-electron chi connectivity index (χ0n) is 15.8. The summed E-state index contributed by atoms with van der Waals surface area (Å²) >= 11 is 0. The lowest BCUT2D eigenvalue weighted by molar-refractivity contribution is 0.0389. The topological polar surface area (TPSA) is 106 Å². The van der Waals surface area contributed by atoms with E-state index in [2.05, 4.69) is 31.6 Å². The van der Waals surface area contributed by atoms with Gasteiger partial charge in [0.2, 0.25) is 0 Å². The predicted molar refractivity (Wildman–Crippen MR) is 106 cm³/mol. The summed E-state index contributed by atoms with van der Waals surface area (Å²) in [6.45, 7) is 5.62. The number of hydrogen-bond acceptors (Lipinski definition) is 7. The number of carbonyl (C=O) groups excluding carboxylic acids is 1. The molecule has 0 unspecified atom stereocenters. The van der Waals surface area contributed by atoms with E-state index in [1.54, 1.807) is 35.5 Å². The lowest BCUT2D eigenvalue weighted by Gasteiger charge is -2.33. The van der Waals surface area contributed by atoms with Gasteiger partial charge in [-0.25, -0.2) is 9.78 Å². The van der Waals surface area contributed by atoms with Gasteiger partial charge in [0.05, 0.1) is 43.0 Å². The molecule has 0 saturated carbocycles. The minimum absolute atomic E-state index is 0.324. The van der Waals surface area contributed by atoms with Crippen LogP contribution in [-0.4, -0.2) is 60.4 Å². The molecule has 1 aliphatic rings. The summed E-state index contributed by atoms with van der Waals surface area (Å²) in [6, 6.07) is 6.97. The summed E-state index contributed by atoms with van der Waals surface area (Å²) in [5.41, 5.74) is 1.53. The summed E-state index contributed by atoms with van der Waals surface area (Å²) < 4.78 is 5.41. The fourth-order valence-corrected chi connectivity index (χ4v) is 2.84. The molecule has 2 aromatic heterocycles. The Kier molecular flexibility index (Phi) is 6.73. The van der Waals surface area contributed by atoms with Crippen molar-refractivity contribution in [3.63, 3.8) is 0 Å². The number of rotatable bonds is 6. The quantitative estimate of drug-likeness (QED) is 0.789. The standard InChI is InChI=1S/C19H23N7O2/c1-2-22-18-17(10-15(11-20)12-23-18)26(14-25-6-8-28-9-7-25)19(27)24-16-4-3-5-21-13-16/h3-5,10,12-13H,2,6-9,14H2,1H3,(H,22,23)(H,24,27). The van der Waals surface area contributed by atoms with Gasteiger partial charge in [0.1, 0.15) is 11.9 Å². The summed E-state index contributed by atoms with van der Waals surface area (Å²) in [7, 11) is 0. The summed E-state index contributed by atoms with van der Waals surface area (Å²) in [6.07, 6.45) is 4.72. The molecule has 0 spiro atoms. The Bertz CT molecular complexity index is 832. The van der Waals surface area contributed by atoms with Crippen molar-refractivity contribution in [3.05, 3.63) is 42.4 Å². The molecule has 1 fully saturated rings. The van der Waals surface area contributed by atoms with Crippen molar-refractivity contribution in [2.45, 2.75) is 6.92 Å². The van der Waals surface area contributed by atoms with Gasteiger partial charge < -0.3 is 15.4 Å². The second-order valence-electron chi connectivity index (χ2n) is 6.21. The lowest BCUT2D eigenvalue weighted by atomic mass is 10.2. The van der Waals surface area contributed by atoms with E-state index in [9.17, 15) is 10.1 Å². The third-order valence-corrected chi connectivity index (χ3v) is 4.23. The lowest BCUT2D eigenvalue weighted by Crippen LogP contribution is -2.48. The number of carbonyl (C=O) groups is 1. The fraction of sp³-hybridized carbons (Fsp3) is 0.368. The van der Waals surface area contributed by atoms with Gasteiger partial charge in [0.15, 0.2) is 0 Å². The van der Waals surface area contributed by atoms with Crippen LogP contribution in [0, 0.1) is 11.3 Å². The van der Waals surface area contributed by atoms with E-state index in [4.69, 9.17) is 4.74 Å². The van der Waals surface area contributed by atoms with Gasteiger partial charge in [0, 0.05) is 32.0 Å². The Hall–Kier alpha value is -3.22. The van der Waals surface area contributed by atoms with Crippen LogP contribution in [0.4, 0.5) is 22.0 Å². The van der Waals surface area contributed by atoms with E-state index >= 15 is 0 Å². The van der Waals surface area contributed by atoms with Crippen LogP contribution in [0.1, 0.15) is 12.5 Å². The molecule has 2 aromatic rings. The number of pyridine rings is 2. The molecule has 2 amide bonds. The normalized spacial score (nSPS) is 14.1. The Morgan fingerprint density at radius 1 is 1.39 bits per heavy atom. The van der Waals surface area contributed by atoms with Gasteiger partial charge in [0.25, 0.3) is 0 Å². The Labute approximate surface area is 163 Å². The van der Waals surface area contributed by atoms with Crippen LogP contribution in [0.2, 0.25) is 0 Å². The number of urea groups is 1. The zero-order chi connectivity index (χ0) is 19.8. The number of anilines is 3. The van der Waals surface area contributed by atoms with E-state index in [1.807, 2.05) is 6.92 Å². The fourth-order valence-electron chi connectivity index (χ4n) is 2.84. The van der Waals surface area contributed by atoms with Gasteiger partial charge in [-0.15, -0.1) is 0 Å². The summed E-state index contributed by atoms with van der Waals surface area (Å²) in [5.74, 6) is 0.552. The van der Waals surface area contributed by atoms with Crippen LogP contribution in [0.3, 0.4) is 0 Å². The predicted octanol–water partition coefficient (Wildman–Crippen LogP) is 2.11. The van der Waals surface area contributed by atoms with Crippen molar-refractivity contribution in [2.75, 3.05) is 55.1 Å². The van der Waals surface area contributed by atoms with Crippen molar-refractivity contribution in [1.29, 1.82) is 5.26 Å². The highest BCUT2D eigenvalue weighted by atomic mass is 16.5. The van der Waals surface area contributed by atoms with Crippen molar-refractivity contribution in [3.8, 4) is 6.07 Å². The molecule has 0 atom stereocenters. The molecule has 3 rings (SSSR count). The largest absolute Gasteiger partial charge is 0.379 e. The third kappa shape index (κ3) is 4.94. The average Bonchev–Trinajstić information content (AvgIpc) is 2.74. The molecule has 3 heterocycles. The molecule has 1 saturated heterocycles. The van der Waals surface area contributed by atoms with Crippen LogP contribution >= 0.6 is 0 Å². The number of aromatic nitrogens is 2. The molecule has 146 valence electrons. The second-order valence-corrected chi connectivity index (χ2v) is 6.21. The molecule has 1 aliphatic heterocycles. The third-order valence-electron chi connectivity index (χ3n) is 4.23. The Morgan fingerprint density at radius 3 is 2.89 bits per heavy atom. The number of morpholine rings is 1. The minimum atomic E-state index is -0.324. The van der Waals surface area contributed by atoms with Crippen molar-refractivity contribution in [2.24, 2.45) is 0 Å². The molecule has 0 radical (unpaired) electrons. The van der Waals surface area contributed by atoms with E-state index in [1.165, 1.54) is 6.20 Å².